The highest BCUT2D eigenvalue weighted by atomic mass is 35.5. The lowest BCUT2D eigenvalue weighted by Gasteiger charge is -2.26. The largest absolute Gasteiger partial charge is 0.490 e. The van der Waals surface area contributed by atoms with Gasteiger partial charge in [0, 0.05) is 11.8 Å². The molecule has 1 fully saturated rings. The van der Waals surface area contributed by atoms with Gasteiger partial charge in [0.15, 0.2) is 6.23 Å². The molecule has 20 heteroatoms. The predicted octanol–water partition coefficient (Wildman–Crippen LogP) is -0.267. The third kappa shape index (κ3) is 6.65. The lowest BCUT2D eigenvalue weighted by Crippen LogP contribution is -2.42. The first kappa shape index (κ1) is 26.6. The van der Waals surface area contributed by atoms with Gasteiger partial charge in [0.25, 0.3) is 0 Å². The minimum atomic E-state index is -5.71. The van der Waals surface area contributed by atoms with Gasteiger partial charge in [-0.2, -0.15) is 13.6 Å². The maximum absolute atomic E-state index is 12.1. The normalized spacial score (nSPS) is 30.6. The van der Waals surface area contributed by atoms with Gasteiger partial charge in [0.1, 0.15) is 22.9 Å². The van der Waals surface area contributed by atoms with E-state index in [1.807, 2.05) is 0 Å². The van der Waals surface area contributed by atoms with Crippen molar-refractivity contribution < 1.29 is 56.3 Å². The molecule has 6 atom stereocenters. The Morgan fingerprint density at radius 2 is 1.84 bits per heavy atom. The van der Waals surface area contributed by atoms with Crippen LogP contribution in [0.1, 0.15) is 18.7 Å². The summed E-state index contributed by atoms with van der Waals surface area (Å²) in [5.74, 6) is -0.0414. The lowest BCUT2D eigenvalue weighted by atomic mass is 10.0. The highest BCUT2D eigenvalue weighted by molar-refractivity contribution is 7.66. The van der Waals surface area contributed by atoms with Crippen molar-refractivity contribution in [3.63, 3.8) is 0 Å². The van der Waals surface area contributed by atoms with Crippen molar-refractivity contribution in [3.05, 3.63) is 22.2 Å². The van der Waals surface area contributed by atoms with Crippen molar-refractivity contribution in [2.24, 2.45) is 0 Å². The average Bonchev–Trinajstić information content (AvgIpc) is 2.76. The summed E-state index contributed by atoms with van der Waals surface area (Å²) in [4.78, 5) is 49.7. The van der Waals surface area contributed by atoms with Crippen LogP contribution >= 0.6 is 35.1 Å². The molecule has 0 aliphatic carbocycles. The zero-order valence-electron chi connectivity index (χ0n) is 15.7. The van der Waals surface area contributed by atoms with Gasteiger partial charge in [0.2, 0.25) is 0 Å². The van der Waals surface area contributed by atoms with E-state index >= 15 is 0 Å². The number of phosphoric acid groups is 3. The quantitative estimate of drug-likeness (QED) is 0.187. The zero-order chi connectivity index (χ0) is 24.0. The Morgan fingerprint density at radius 3 is 2.39 bits per heavy atom. The molecule has 0 spiro atoms. The number of rotatable bonds is 8. The zero-order valence-corrected chi connectivity index (χ0v) is 19.1. The predicted molar refractivity (Wildman–Crippen MR) is 102 cm³/mol. The van der Waals surface area contributed by atoms with Gasteiger partial charge < -0.3 is 35.2 Å². The van der Waals surface area contributed by atoms with Gasteiger partial charge >= 0.3 is 29.2 Å². The summed E-state index contributed by atoms with van der Waals surface area (Å²) in [6.45, 7) is 1.88. The minimum Gasteiger partial charge on any atom is -0.388 e. The average molecular weight is 530 g/mol. The van der Waals surface area contributed by atoms with Gasteiger partial charge in [-0.1, -0.05) is 0 Å². The minimum absolute atomic E-state index is 0.0414. The molecule has 0 amide bonds. The molecule has 1 aliphatic heterocycles. The number of nitrogens with two attached hydrogens (primary N) is 1. The molecule has 31 heavy (non-hydrogen) atoms. The number of ether oxygens (including phenoxy) is 1. The number of anilines is 1. The number of aliphatic hydroxyl groups is 1. The molecule has 7 N–H and O–H groups in total. The summed E-state index contributed by atoms with van der Waals surface area (Å²) in [6, 6.07) is 0. The van der Waals surface area contributed by atoms with E-state index in [0.29, 0.717) is 5.56 Å². The molecular formula is C11H19ClN3O13P3. The van der Waals surface area contributed by atoms with Gasteiger partial charge in [-0.15, -0.1) is 11.6 Å². The van der Waals surface area contributed by atoms with Crippen molar-refractivity contribution in [1.29, 1.82) is 0 Å². The van der Waals surface area contributed by atoms with Gasteiger partial charge in [0.05, 0.1) is 6.61 Å². The number of aromatic nitrogens is 2. The Balaban J connectivity index is 2.16. The van der Waals surface area contributed by atoms with Crippen LogP contribution in [0, 0.1) is 6.92 Å². The number of hydrogen-bond donors (Lipinski definition) is 6. The number of phosphoric ester groups is 1. The maximum Gasteiger partial charge on any atom is 0.490 e. The lowest BCUT2D eigenvalue weighted by molar-refractivity contribution is -0.0460. The van der Waals surface area contributed by atoms with E-state index in [4.69, 9.17) is 36.8 Å². The van der Waals surface area contributed by atoms with Gasteiger partial charge in [-0.3, -0.25) is 9.09 Å². The number of aryl methyl sites for hydroxylation is 1. The fraction of sp³-hybridized carbons (Fsp3) is 0.636. The molecular weight excluding hydrogens is 511 g/mol. The monoisotopic (exact) mass is 529 g/mol. The Labute approximate surface area is 179 Å². The van der Waals surface area contributed by atoms with Crippen LogP contribution in [0.15, 0.2) is 11.0 Å². The molecule has 0 bridgehead atoms. The van der Waals surface area contributed by atoms with E-state index in [1.165, 1.54) is 13.1 Å². The highest BCUT2D eigenvalue weighted by Gasteiger charge is 2.54. The van der Waals surface area contributed by atoms with Crippen LogP contribution in [0.3, 0.4) is 0 Å². The molecule has 178 valence electrons. The second-order valence-corrected chi connectivity index (χ2v) is 11.7. The Kier molecular flexibility index (Phi) is 7.64. The number of aliphatic hydroxyl groups excluding tert-OH is 1. The number of halogens is 1. The van der Waals surface area contributed by atoms with Crippen LogP contribution in [0.5, 0.6) is 0 Å². The SMILES string of the molecule is Cc1cn([C@@H]2O[C@H](COP(=O)(O)OP(=O)(O)OP(=O)(O)O)[C@@H](O)[C@@]2(C)Cl)c(=O)nc1N. The molecule has 2 heterocycles. The van der Waals surface area contributed by atoms with E-state index in [2.05, 4.69) is 18.1 Å². The summed E-state index contributed by atoms with van der Waals surface area (Å²) >= 11 is 6.30. The standard InChI is InChI=1S/C11H19ClN3O13P3/c1-5-3-15(10(17)14-8(5)13)9-11(2,12)7(16)6(26-9)4-25-30(21,22)28-31(23,24)27-29(18,19)20/h3,6-7,9,16H,4H2,1-2H3,(H,21,22)(H,23,24)(H2,13,14,17)(H2,18,19,20)/t6-,7-,9-,11-/m1/s1. The van der Waals surface area contributed by atoms with Crippen molar-refractivity contribution in [1.82, 2.24) is 9.55 Å². The number of alkyl halides is 1. The Morgan fingerprint density at radius 1 is 1.26 bits per heavy atom. The summed E-state index contributed by atoms with van der Waals surface area (Å²) in [5.41, 5.74) is 5.08. The first-order valence-electron chi connectivity index (χ1n) is 8.01. The van der Waals surface area contributed by atoms with Crippen LogP contribution < -0.4 is 11.4 Å². The molecule has 1 saturated heterocycles. The maximum atomic E-state index is 12.1. The fourth-order valence-electron chi connectivity index (χ4n) is 2.57. The first-order chi connectivity index (χ1) is 13.8. The molecule has 1 aromatic rings. The molecule has 16 nitrogen and oxygen atoms in total. The second-order valence-electron chi connectivity index (χ2n) is 6.51. The summed E-state index contributed by atoms with van der Waals surface area (Å²) < 4.78 is 51.8. The fourth-order valence-corrected chi connectivity index (χ4v) is 5.90. The smallest absolute Gasteiger partial charge is 0.388 e. The van der Waals surface area contributed by atoms with Crippen molar-refractivity contribution in [2.45, 2.75) is 37.2 Å². The molecule has 2 unspecified atom stereocenters. The van der Waals surface area contributed by atoms with E-state index in [0.717, 1.165) is 4.57 Å². The van der Waals surface area contributed by atoms with Crippen LogP contribution in [-0.2, 0) is 31.6 Å². The number of nitrogen functional groups attached to an aromatic ring is 1. The topological polar surface area (TPSA) is 250 Å². The van der Waals surface area contributed by atoms with Crippen LogP contribution in [0.4, 0.5) is 5.82 Å². The molecule has 1 aromatic heterocycles. The number of hydrogen-bond acceptors (Lipinski definition) is 11. The molecule has 2 rings (SSSR count). The van der Waals surface area contributed by atoms with Crippen molar-refractivity contribution in [3.8, 4) is 0 Å². The summed E-state index contributed by atoms with van der Waals surface area (Å²) in [7, 11) is -16.7. The Hall–Kier alpha value is -0.700. The van der Waals surface area contributed by atoms with Gasteiger partial charge in [-0.25, -0.2) is 18.5 Å². The second kappa shape index (κ2) is 8.92. The van der Waals surface area contributed by atoms with E-state index < -0.39 is 59.1 Å². The van der Waals surface area contributed by atoms with Gasteiger partial charge in [-0.05, 0) is 13.8 Å². The van der Waals surface area contributed by atoms with E-state index in [-0.39, 0.29) is 5.82 Å². The first-order valence-corrected chi connectivity index (χ1v) is 12.9. The third-order valence-corrected chi connectivity index (χ3v) is 8.17. The number of nitrogens with zero attached hydrogens (tertiary/aromatic N) is 2. The van der Waals surface area contributed by atoms with Crippen molar-refractivity contribution in [2.75, 3.05) is 12.3 Å². The summed E-state index contributed by atoms with van der Waals surface area (Å²) in [6.07, 6.45) is -3.12. The molecule has 0 saturated carbocycles. The molecule has 0 radical (unpaired) electrons. The van der Waals surface area contributed by atoms with E-state index in [1.54, 1.807) is 6.92 Å². The van der Waals surface area contributed by atoms with E-state index in [9.17, 15) is 28.5 Å². The van der Waals surface area contributed by atoms with Crippen LogP contribution in [0.2, 0.25) is 0 Å². The van der Waals surface area contributed by atoms with Crippen LogP contribution in [0.25, 0.3) is 0 Å². The highest BCUT2D eigenvalue weighted by Crippen LogP contribution is 2.66. The summed E-state index contributed by atoms with van der Waals surface area (Å²) in [5, 5.41) is 10.4. The molecule has 1 aliphatic rings. The molecule has 0 aromatic carbocycles. The Bertz CT molecular complexity index is 1040. The van der Waals surface area contributed by atoms with Crippen molar-refractivity contribution >= 4 is 40.9 Å². The third-order valence-electron chi connectivity index (χ3n) is 3.96. The van der Waals surface area contributed by atoms with Crippen LogP contribution in [-0.4, -0.2) is 57.9 Å².